The molecule has 0 N–H and O–H groups in total. The third kappa shape index (κ3) is 4.13. The van der Waals surface area contributed by atoms with Crippen LogP contribution in [0.5, 0.6) is 0 Å². The van der Waals surface area contributed by atoms with Gasteiger partial charge in [-0.1, -0.05) is 6.07 Å². The summed E-state index contributed by atoms with van der Waals surface area (Å²) >= 11 is 0. The lowest BCUT2D eigenvalue weighted by atomic mass is 10.1. The summed E-state index contributed by atoms with van der Waals surface area (Å²) in [5, 5.41) is 0. The molecule has 0 aromatic heterocycles. The molecule has 2 rings (SSSR count). The number of aryl methyl sites for hydroxylation is 2. The van der Waals surface area contributed by atoms with Crippen molar-refractivity contribution in [3.05, 3.63) is 29.3 Å². The van der Waals surface area contributed by atoms with Crippen molar-refractivity contribution in [3.63, 3.8) is 0 Å². The Balaban J connectivity index is 2.05. The fourth-order valence-electron chi connectivity index (χ4n) is 2.78. The first-order valence-electron chi connectivity index (χ1n) is 8.18. The second-order valence-electron chi connectivity index (χ2n) is 6.26. The van der Waals surface area contributed by atoms with Gasteiger partial charge in [-0.3, -0.25) is 14.4 Å². The number of nitrogens with zero attached hydrogens (tertiary/aromatic N) is 3. The average molecular weight is 331 g/mol. The van der Waals surface area contributed by atoms with Crippen molar-refractivity contribution in [2.24, 2.45) is 0 Å². The molecular weight excluding hydrogens is 306 g/mol. The molecule has 1 aliphatic heterocycles. The van der Waals surface area contributed by atoms with E-state index in [9.17, 15) is 14.4 Å². The molecule has 0 spiro atoms. The van der Waals surface area contributed by atoms with E-state index in [-0.39, 0.29) is 24.3 Å². The van der Waals surface area contributed by atoms with Crippen LogP contribution in [-0.2, 0) is 14.4 Å². The summed E-state index contributed by atoms with van der Waals surface area (Å²) < 4.78 is 0. The molecule has 1 fully saturated rings. The van der Waals surface area contributed by atoms with Gasteiger partial charge in [0.25, 0.3) is 0 Å². The Labute approximate surface area is 143 Å². The van der Waals surface area contributed by atoms with Gasteiger partial charge in [-0.15, -0.1) is 0 Å². The maximum absolute atomic E-state index is 12.5. The number of rotatable bonds is 3. The lowest BCUT2D eigenvalue weighted by Crippen LogP contribution is -2.52. The first-order chi connectivity index (χ1) is 11.3. The fraction of sp³-hybridized carbons (Fsp3) is 0.500. The highest BCUT2D eigenvalue weighted by Gasteiger charge is 2.25. The Bertz CT molecular complexity index is 649. The number of anilines is 1. The molecular formula is C18H25N3O3. The highest BCUT2D eigenvalue weighted by molar-refractivity contribution is 5.97. The van der Waals surface area contributed by atoms with E-state index in [4.69, 9.17) is 0 Å². The van der Waals surface area contributed by atoms with Gasteiger partial charge in [0, 0.05) is 45.7 Å². The summed E-state index contributed by atoms with van der Waals surface area (Å²) in [6, 6.07) is 5.75. The van der Waals surface area contributed by atoms with Crippen LogP contribution >= 0.6 is 0 Å². The minimum Gasteiger partial charge on any atom is -0.339 e. The molecule has 0 atom stereocenters. The first-order valence-corrected chi connectivity index (χ1v) is 8.18. The molecule has 130 valence electrons. The molecule has 6 heteroatoms. The third-order valence-corrected chi connectivity index (χ3v) is 4.55. The van der Waals surface area contributed by atoms with Crippen LogP contribution in [0.3, 0.4) is 0 Å². The van der Waals surface area contributed by atoms with Crippen molar-refractivity contribution in [2.75, 3.05) is 37.6 Å². The summed E-state index contributed by atoms with van der Waals surface area (Å²) in [5.41, 5.74) is 2.97. The number of amides is 3. The highest BCUT2D eigenvalue weighted by atomic mass is 16.2. The van der Waals surface area contributed by atoms with Crippen molar-refractivity contribution in [1.82, 2.24) is 9.80 Å². The topological polar surface area (TPSA) is 60.9 Å². The first kappa shape index (κ1) is 18.0. The minimum atomic E-state index is -0.158. The molecule has 0 unspecified atom stereocenters. The summed E-state index contributed by atoms with van der Waals surface area (Å²) in [4.78, 5) is 40.9. The Hall–Kier alpha value is -2.37. The van der Waals surface area contributed by atoms with Crippen molar-refractivity contribution in [2.45, 2.75) is 27.7 Å². The molecule has 0 bridgehead atoms. The molecule has 0 saturated carbocycles. The molecule has 6 nitrogen and oxygen atoms in total. The summed E-state index contributed by atoms with van der Waals surface area (Å²) in [5.74, 6) is -0.219. The van der Waals surface area contributed by atoms with Gasteiger partial charge in [-0.25, -0.2) is 0 Å². The summed E-state index contributed by atoms with van der Waals surface area (Å²) in [6.45, 7) is 9.14. The number of piperazine rings is 1. The molecule has 1 heterocycles. The normalized spacial score (nSPS) is 14.5. The Morgan fingerprint density at radius 1 is 0.958 bits per heavy atom. The van der Waals surface area contributed by atoms with Crippen molar-refractivity contribution >= 4 is 23.4 Å². The van der Waals surface area contributed by atoms with Crippen LogP contribution in [0.2, 0.25) is 0 Å². The SMILES string of the molecule is CC(=O)N1CCN(C(=O)CN(C(C)=O)c2ccc(C)c(C)c2)CC1. The Morgan fingerprint density at radius 2 is 1.54 bits per heavy atom. The molecule has 1 aromatic rings. The average Bonchev–Trinajstić information content (AvgIpc) is 2.55. The van der Waals surface area contributed by atoms with Crippen LogP contribution < -0.4 is 4.90 Å². The molecule has 0 aliphatic carbocycles. The Morgan fingerprint density at radius 3 is 2.04 bits per heavy atom. The second-order valence-corrected chi connectivity index (χ2v) is 6.26. The fourth-order valence-corrected chi connectivity index (χ4v) is 2.78. The zero-order valence-corrected chi connectivity index (χ0v) is 14.8. The number of hydrogen-bond acceptors (Lipinski definition) is 3. The van der Waals surface area contributed by atoms with Crippen LogP contribution in [0.25, 0.3) is 0 Å². The van der Waals surface area contributed by atoms with Gasteiger partial charge in [0.2, 0.25) is 17.7 Å². The van der Waals surface area contributed by atoms with E-state index < -0.39 is 0 Å². The number of benzene rings is 1. The van der Waals surface area contributed by atoms with Crippen LogP contribution in [0.1, 0.15) is 25.0 Å². The van der Waals surface area contributed by atoms with Gasteiger partial charge in [-0.05, 0) is 37.1 Å². The largest absolute Gasteiger partial charge is 0.339 e. The van der Waals surface area contributed by atoms with Crippen LogP contribution in [0, 0.1) is 13.8 Å². The molecule has 1 saturated heterocycles. The maximum atomic E-state index is 12.5. The smallest absolute Gasteiger partial charge is 0.242 e. The number of carbonyl (C=O) groups is 3. The van der Waals surface area contributed by atoms with E-state index in [1.54, 1.807) is 9.80 Å². The Kier molecular flexibility index (Phi) is 5.59. The van der Waals surface area contributed by atoms with E-state index in [0.29, 0.717) is 26.2 Å². The van der Waals surface area contributed by atoms with E-state index in [1.165, 1.54) is 18.7 Å². The molecule has 24 heavy (non-hydrogen) atoms. The summed E-state index contributed by atoms with van der Waals surface area (Å²) in [6.07, 6.45) is 0. The second kappa shape index (κ2) is 7.47. The zero-order valence-electron chi connectivity index (χ0n) is 14.8. The van der Waals surface area contributed by atoms with Crippen LogP contribution in [-0.4, -0.2) is 60.2 Å². The maximum Gasteiger partial charge on any atom is 0.242 e. The van der Waals surface area contributed by atoms with Crippen molar-refractivity contribution in [3.8, 4) is 0 Å². The highest BCUT2D eigenvalue weighted by Crippen LogP contribution is 2.19. The van der Waals surface area contributed by atoms with E-state index in [0.717, 1.165) is 16.8 Å². The van der Waals surface area contributed by atoms with Crippen molar-refractivity contribution < 1.29 is 14.4 Å². The predicted molar refractivity (Wildman–Crippen MR) is 92.8 cm³/mol. The summed E-state index contributed by atoms with van der Waals surface area (Å²) in [7, 11) is 0. The molecule has 3 amide bonds. The van der Waals surface area contributed by atoms with Gasteiger partial charge >= 0.3 is 0 Å². The lowest BCUT2D eigenvalue weighted by molar-refractivity contribution is -0.137. The van der Waals surface area contributed by atoms with E-state index in [2.05, 4.69) is 0 Å². The standard InChI is InChI=1S/C18H25N3O3/c1-13-5-6-17(11-14(13)2)21(16(4)23)12-18(24)20-9-7-19(8-10-20)15(3)22/h5-6,11H,7-10,12H2,1-4H3. The van der Waals surface area contributed by atoms with E-state index in [1.807, 2.05) is 32.0 Å². The zero-order chi connectivity index (χ0) is 17.9. The van der Waals surface area contributed by atoms with Crippen LogP contribution in [0.15, 0.2) is 18.2 Å². The van der Waals surface area contributed by atoms with Gasteiger partial charge in [0.05, 0.1) is 0 Å². The lowest BCUT2D eigenvalue weighted by Gasteiger charge is -2.35. The minimum absolute atomic E-state index is 0.0257. The predicted octanol–water partition coefficient (Wildman–Crippen LogP) is 1.35. The monoisotopic (exact) mass is 331 g/mol. The molecule has 0 radical (unpaired) electrons. The quantitative estimate of drug-likeness (QED) is 0.840. The van der Waals surface area contributed by atoms with Crippen LogP contribution in [0.4, 0.5) is 5.69 Å². The third-order valence-electron chi connectivity index (χ3n) is 4.55. The molecule has 1 aliphatic rings. The van der Waals surface area contributed by atoms with Gasteiger partial charge in [0.1, 0.15) is 6.54 Å². The number of carbonyl (C=O) groups excluding carboxylic acids is 3. The molecule has 1 aromatic carbocycles. The van der Waals surface area contributed by atoms with Gasteiger partial charge in [0.15, 0.2) is 0 Å². The number of hydrogen-bond donors (Lipinski definition) is 0. The van der Waals surface area contributed by atoms with Gasteiger partial charge in [-0.2, -0.15) is 0 Å². The van der Waals surface area contributed by atoms with Gasteiger partial charge < -0.3 is 14.7 Å². The van der Waals surface area contributed by atoms with E-state index >= 15 is 0 Å². The van der Waals surface area contributed by atoms with Crippen molar-refractivity contribution in [1.29, 1.82) is 0 Å².